The van der Waals surface area contributed by atoms with E-state index >= 15 is 0 Å². The lowest BCUT2D eigenvalue weighted by Gasteiger charge is -2.28. The van der Waals surface area contributed by atoms with E-state index in [1.807, 2.05) is 13.8 Å². The Balaban J connectivity index is 3.09. The summed E-state index contributed by atoms with van der Waals surface area (Å²) in [4.78, 5) is 0.150. The molecule has 120 valence electrons. The lowest BCUT2D eigenvalue weighted by atomic mass is 9.94. The third-order valence-corrected chi connectivity index (χ3v) is 6.11. The van der Waals surface area contributed by atoms with Crippen molar-refractivity contribution in [1.82, 2.24) is 4.31 Å². The molecule has 1 aromatic rings. The minimum Gasteiger partial charge on any atom is -0.330 e. The fourth-order valence-corrected chi connectivity index (χ4v) is 3.78. The average molecular weight is 334 g/mol. The minimum absolute atomic E-state index is 0.0604. The SMILES string of the molecule is CN(CC(C)(C)CN)S(=O)(=O)c1ccc(S(C)(=O)=O)cc1. The van der Waals surface area contributed by atoms with Crippen molar-refractivity contribution in [3.8, 4) is 0 Å². The van der Waals surface area contributed by atoms with Crippen molar-refractivity contribution >= 4 is 19.9 Å². The molecule has 0 aromatic heterocycles. The lowest BCUT2D eigenvalue weighted by Crippen LogP contribution is -2.39. The first-order valence-electron chi connectivity index (χ1n) is 6.37. The van der Waals surface area contributed by atoms with Crippen LogP contribution in [0.5, 0.6) is 0 Å². The zero-order chi connectivity index (χ0) is 16.5. The van der Waals surface area contributed by atoms with E-state index in [1.165, 1.54) is 35.6 Å². The fourth-order valence-electron chi connectivity index (χ4n) is 1.79. The molecule has 0 fully saturated rings. The predicted molar refractivity (Wildman–Crippen MR) is 82.2 cm³/mol. The molecule has 6 nitrogen and oxygen atoms in total. The maximum atomic E-state index is 12.4. The second kappa shape index (κ2) is 6.04. The Bertz CT molecular complexity index is 692. The summed E-state index contributed by atoms with van der Waals surface area (Å²) in [6, 6.07) is 5.20. The first kappa shape index (κ1) is 18.1. The monoisotopic (exact) mass is 334 g/mol. The Morgan fingerprint density at radius 2 is 1.48 bits per heavy atom. The Morgan fingerprint density at radius 1 is 1.05 bits per heavy atom. The van der Waals surface area contributed by atoms with E-state index in [9.17, 15) is 16.8 Å². The van der Waals surface area contributed by atoms with Crippen LogP contribution in [0.2, 0.25) is 0 Å². The van der Waals surface area contributed by atoms with Gasteiger partial charge in [0.15, 0.2) is 9.84 Å². The average Bonchev–Trinajstić information content (AvgIpc) is 2.37. The summed E-state index contributed by atoms with van der Waals surface area (Å²) in [6.07, 6.45) is 1.08. The number of sulfonamides is 1. The van der Waals surface area contributed by atoms with Gasteiger partial charge in [0.25, 0.3) is 0 Å². The lowest BCUT2D eigenvalue weighted by molar-refractivity contribution is 0.292. The number of hydrogen-bond donors (Lipinski definition) is 1. The van der Waals surface area contributed by atoms with Gasteiger partial charge in [0.2, 0.25) is 10.0 Å². The summed E-state index contributed by atoms with van der Waals surface area (Å²) in [7, 11) is -5.52. The number of nitrogens with two attached hydrogens (primary N) is 1. The molecule has 0 unspecified atom stereocenters. The van der Waals surface area contributed by atoms with Crippen LogP contribution in [0.25, 0.3) is 0 Å². The molecule has 0 aliphatic heterocycles. The zero-order valence-electron chi connectivity index (χ0n) is 12.7. The molecule has 0 saturated heterocycles. The van der Waals surface area contributed by atoms with Gasteiger partial charge in [-0.05, 0) is 36.2 Å². The van der Waals surface area contributed by atoms with Crippen LogP contribution in [0, 0.1) is 5.41 Å². The maximum absolute atomic E-state index is 12.4. The normalized spacial score (nSPS) is 13.6. The van der Waals surface area contributed by atoms with E-state index in [1.54, 1.807) is 0 Å². The van der Waals surface area contributed by atoms with Gasteiger partial charge in [-0.3, -0.25) is 0 Å². The van der Waals surface area contributed by atoms with E-state index in [2.05, 4.69) is 0 Å². The molecule has 0 radical (unpaired) electrons. The van der Waals surface area contributed by atoms with Gasteiger partial charge < -0.3 is 5.73 Å². The summed E-state index contributed by atoms with van der Waals surface area (Å²) in [5.74, 6) is 0. The largest absolute Gasteiger partial charge is 0.330 e. The number of sulfone groups is 1. The van der Waals surface area contributed by atoms with Crippen LogP contribution < -0.4 is 5.73 Å². The van der Waals surface area contributed by atoms with Gasteiger partial charge in [-0.1, -0.05) is 13.8 Å². The van der Waals surface area contributed by atoms with Crippen molar-refractivity contribution in [2.24, 2.45) is 11.1 Å². The van der Waals surface area contributed by atoms with E-state index in [0.29, 0.717) is 6.54 Å². The molecule has 0 bridgehead atoms. The van der Waals surface area contributed by atoms with Gasteiger partial charge in [0.05, 0.1) is 9.79 Å². The van der Waals surface area contributed by atoms with Crippen LogP contribution in [0.3, 0.4) is 0 Å². The Morgan fingerprint density at radius 3 is 1.86 bits per heavy atom. The first-order valence-corrected chi connectivity index (χ1v) is 9.70. The Hall–Kier alpha value is -0.960. The van der Waals surface area contributed by atoms with E-state index < -0.39 is 19.9 Å². The summed E-state index contributed by atoms with van der Waals surface area (Å²) in [5, 5.41) is 0. The van der Waals surface area contributed by atoms with Crippen molar-refractivity contribution in [2.75, 3.05) is 26.4 Å². The molecule has 0 amide bonds. The van der Waals surface area contributed by atoms with Crippen LogP contribution in [-0.4, -0.2) is 47.5 Å². The molecule has 2 N–H and O–H groups in total. The molecular weight excluding hydrogens is 312 g/mol. The van der Waals surface area contributed by atoms with Crippen molar-refractivity contribution in [1.29, 1.82) is 0 Å². The molecule has 8 heteroatoms. The Kier molecular flexibility index (Phi) is 5.20. The highest BCUT2D eigenvalue weighted by Gasteiger charge is 2.27. The smallest absolute Gasteiger partial charge is 0.242 e. The zero-order valence-corrected chi connectivity index (χ0v) is 14.3. The molecule has 0 aliphatic rings. The highest BCUT2D eigenvalue weighted by molar-refractivity contribution is 7.90. The first-order chi connectivity index (χ1) is 9.40. The molecular formula is C13H22N2O4S2. The second-order valence-corrected chi connectivity index (χ2v) is 9.93. The predicted octanol–water partition coefficient (Wildman–Crippen LogP) is 0.696. The molecule has 21 heavy (non-hydrogen) atoms. The fraction of sp³-hybridized carbons (Fsp3) is 0.538. The third kappa shape index (κ3) is 4.50. The van der Waals surface area contributed by atoms with Crippen LogP contribution in [0.1, 0.15) is 13.8 Å². The van der Waals surface area contributed by atoms with Gasteiger partial charge >= 0.3 is 0 Å². The van der Waals surface area contributed by atoms with E-state index in [4.69, 9.17) is 5.73 Å². The number of rotatable bonds is 6. The molecule has 0 saturated carbocycles. The molecule has 1 rings (SSSR count). The van der Waals surface area contributed by atoms with Gasteiger partial charge in [-0.2, -0.15) is 0 Å². The van der Waals surface area contributed by atoms with Crippen molar-refractivity contribution < 1.29 is 16.8 Å². The Labute approximate surface area is 126 Å². The van der Waals surface area contributed by atoms with Crippen LogP contribution in [-0.2, 0) is 19.9 Å². The van der Waals surface area contributed by atoms with Crippen LogP contribution >= 0.6 is 0 Å². The van der Waals surface area contributed by atoms with Crippen LogP contribution in [0.15, 0.2) is 34.1 Å². The summed E-state index contributed by atoms with van der Waals surface area (Å²) in [5.41, 5.74) is 5.28. The van der Waals surface area contributed by atoms with E-state index in [0.717, 1.165) is 6.26 Å². The molecule has 0 heterocycles. The third-order valence-electron chi connectivity index (χ3n) is 3.16. The van der Waals surface area contributed by atoms with Crippen molar-refractivity contribution in [2.45, 2.75) is 23.6 Å². The second-order valence-electron chi connectivity index (χ2n) is 5.87. The number of benzene rings is 1. The van der Waals surface area contributed by atoms with Crippen LogP contribution in [0.4, 0.5) is 0 Å². The molecule has 0 atom stereocenters. The highest BCUT2D eigenvalue weighted by atomic mass is 32.2. The van der Waals surface area contributed by atoms with Gasteiger partial charge in [0.1, 0.15) is 0 Å². The standard InChI is InChI=1S/C13H22N2O4S2/c1-13(2,9-14)10-15(3)21(18,19)12-7-5-11(6-8-12)20(4,16)17/h5-8H,9-10,14H2,1-4H3. The minimum atomic E-state index is -3.66. The van der Waals surface area contributed by atoms with Crippen molar-refractivity contribution in [3.05, 3.63) is 24.3 Å². The summed E-state index contributed by atoms with van der Waals surface area (Å²) < 4.78 is 48.8. The maximum Gasteiger partial charge on any atom is 0.242 e. The molecule has 1 aromatic carbocycles. The molecule has 0 aliphatic carbocycles. The quantitative estimate of drug-likeness (QED) is 0.825. The van der Waals surface area contributed by atoms with Crippen molar-refractivity contribution in [3.63, 3.8) is 0 Å². The topological polar surface area (TPSA) is 97.5 Å². The van der Waals surface area contributed by atoms with Gasteiger partial charge in [0, 0.05) is 19.8 Å². The van der Waals surface area contributed by atoms with Gasteiger partial charge in [-0.25, -0.2) is 21.1 Å². The summed E-state index contributed by atoms with van der Waals surface area (Å²) >= 11 is 0. The number of hydrogen-bond acceptors (Lipinski definition) is 5. The summed E-state index contributed by atoms with van der Waals surface area (Å²) in [6.45, 7) is 4.40. The van der Waals surface area contributed by atoms with Gasteiger partial charge in [-0.15, -0.1) is 0 Å². The highest BCUT2D eigenvalue weighted by Crippen LogP contribution is 2.21. The number of nitrogens with zero attached hydrogens (tertiary/aromatic N) is 1. The van der Waals surface area contributed by atoms with E-state index in [-0.39, 0.29) is 21.8 Å². The molecule has 0 spiro atoms.